The van der Waals surface area contributed by atoms with E-state index in [1.165, 1.54) is 0 Å². The van der Waals surface area contributed by atoms with Gasteiger partial charge >= 0.3 is 0 Å². The molecule has 1 atom stereocenters. The molecular weight excluding hydrogens is 324 g/mol. The second-order valence-corrected chi connectivity index (χ2v) is 6.34. The highest BCUT2D eigenvalue weighted by Crippen LogP contribution is 2.22. The number of piperidine rings is 1. The molecule has 19 heavy (non-hydrogen) atoms. The van der Waals surface area contributed by atoms with Crippen LogP contribution in [0.4, 0.5) is 0 Å². The second-order valence-electron chi connectivity index (χ2n) is 4.95. The van der Waals surface area contributed by atoms with Gasteiger partial charge in [0.1, 0.15) is 0 Å². The molecule has 0 spiro atoms. The number of rotatable bonds is 2. The molecule has 1 aliphatic rings. The molecule has 1 amide bonds. The van der Waals surface area contributed by atoms with E-state index >= 15 is 0 Å². The lowest BCUT2D eigenvalue weighted by molar-refractivity contribution is 0.0703. The third kappa shape index (κ3) is 3.34. The molecule has 1 saturated heterocycles. The number of nitrogens with zero attached hydrogens (tertiary/aromatic N) is 1. The summed E-state index contributed by atoms with van der Waals surface area (Å²) in [6, 6.07) is 5.77. The molecule has 1 unspecified atom stereocenters. The van der Waals surface area contributed by atoms with Gasteiger partial charge in [-0.25, -0.2) is 0 Å². The Kier molecular flexibility index (Phi) is 4.58. The first-order chi connectivity index (χ1) is 8.99. The molecule has 5 heteroatoms. The van der Waals surface area contributed by atoms with E-state index in [-0.39, 0.29) is 11.8 Å². The molecule has 0 aromatic heterocycles. The molecular formula is C14H17BrN2OS. The second kappa shape index (κ2) is 6.01. The number of aryl methyl sites for hydroxylation is 1. The van der Waals surface area contributed by atoms with Crippen LogP contribution in [-0.2, 0) is 0 Å². The molecule has 2 rings (SSSR count). The van der Waals surface area contributed by atoms with Crippen molar-refractivity contribution in [2.45, 2.75) is 19.8 Å². The smallest absolute Gasteiger partial charge is 0.254 e. The highest BCUT2D eigenvalue weighted by molar-refractivity contribution is 9.10. The molecule has 102 valence electrons. The van der Waals surface area contributed by atoms with E-state index in [1.807, 2.05) is 30.0 Å². The predicted molar refractivity (Wildman–Crippen MR) is 84.3 cm³/mol. The summed E-state index contributed by atoms with van der Waals surface area (Å²) in [7, 11) is 0. The fraction of sp³-hybridized carbons (Fsp3) is 0.429. The average molecular weight is 341 g/mol. The zero-order chi connectivity index (χ0) is 14.0. The van der Waals surface area contributed by atoms with Crippen LogP contribution >= 0.6 is 28.1 Å². The molecule has 0 bridgehead atoms. The fourth-order valence-electron chi connectivity index (χ4n) is 2.39. The standard InChI is InChI=1S/C14H17BrN2OS/c1-9-4-5-11(15)7-12(9)14(18)17-6-2-3-10(8-17)13(16)19/h4-5,7,10H,2-3,6,8H2,1H3,(H2,16,19). The minimum absolute atomic E-state index is 0.0692. The average Bonchev–Trinajstić information content (AvgIpc) is 2.41. The van der Waals surface area contributed by atoms with Crippen molar-refractivity contribution in [1.82, 2.24) is 4.90 Å². The Bertz CT molecular complexity index is 518. The van der Waals surface area contributed by atoms with Crippen molar-refractivity contribution in [2.24, 2.45) is 11.7 Å². The van der Waals surface area contributed by atoms with E-state index in [1.54, 1.807) is 0 Å². The Balaban J connectivity index is 2.19. The lowest BCUT2D eigenvalue weighted by Crippen LogP contribution is -2.43. The van der Waals surface area contributed by atoms with Gasteiger partial charge in [0.2, 0.25) is 0 Å². The third-order valence-corrected chi connectivity index (χ3v) is 4.37. The van der Waals surface area contributed by atoms with Crippen molar-refractivity contribution in [3.05, 3.63) is 33.8 Å². The summed E-state index contributed by atoms with van der Waals surface area (Å²) in [6.07, 6.45) is 1.94. The van der Waals surface area contributed by atoms with Gasteiger partial charge in [-0.15, -0.1) is 0 Å². The van der Waals surface area contributed by atoms with Crippen LogP contribution in [0.5, 0.6) is 0 Å². The summed E-state index contributed by atoms with van der Waals surface area (Å²) < 4.78 is 0.921. The number of carbonyl (C=O) groups is 1. The van der Waals surface area contributed by atoms with E-state index in [0.717, 1.165) is 35.0 Å². The van der Waals surface area contributed by atoms with Crippen LogP contribution in [0.3, 0.4) is 0 Å². The SMILES string of the molecule is Cc1ccc(Br)cc1C(=O)N1CCCC(C(N)=S)C1. The number of likely N-dealkylation sites (tertiary alicyclic amines) is 1. The summed E-state index contributed by atoms with van der Waals surface area (Å²) in [5.41, 5.74) is 7.45. The predicted octanol–water partition coefficient (Wildman–Crippen LogP) is 2.90. The first kappa shape index (κ1) is 14.5. The number of halogens is 1. The van der Waals surface area contributed by atoms with Gasteiger partial charge in [-0.05, 0) is 37.5 Å². The summed E-state index contributed by atoms with van der Waals surface area (Å²) in [6.45, 7) is 3.37. The van der Waals surface area contributed by atoms with Gasteiger partial charge in [-0.1, -0.05) is 34.2 Å². The normalized spacial score (nSPS) is 19.3. The van der Waals surface area contributed by atoms with Crippen LogP contribution in [0.15, 0.2) is 22.7 Å². The molecule has 1 fully saturated rings. The number of nitrogens with two attached hydrogens (primary N) is 1. The van der Waals surface area contributed by atoms with Crippen LogP contribution in [0.25, 0.3) is 0 Å². The summed E-state index contributed by atoms with van der Waals surface area (Å²) in [5.74, 6) is 0.222. The molecule has 0 aliphatic carbocycles. The van der Waals surface area contributed by atoms with Crippen molar-refractivity contribution < 1.29 is 4.79 Å². The van der Waals surface area contributed by atoms with Crippen LogP contribution in [0, 0.1) is 12.8 Å². The van der Waals surface area contributed by atoms with Crippen LogP contribution < -0.4 is 5.73 Å². The van der Waals surface area contributed by atoms with Crippen LogP contribution in [0.2, 0.25) is 0 Å². The summed E-state index contributed by atoms with van der Waals surface area (Å²) in [5, 5.41) is 0. The molecule has 1 aromatic rings. The lowest BCUT2D eigenvalue weighted by atomic mass is 9.97. The van der Waals surface area contributed by atoms with Gasteiger partial charge in [-0.2, -0.15) is 0 Å². The molecule has 1 aromatic carbocycles. The van der Waals surface area contributed by atoms with Gasteiger partial charge < -0.3 is 10.6 Å². The molecule has 2 N–H and O–H groups in total. The first-order valence-corrected chi connectivity index (χ1v) is 7.54. The van der Waals surface area contributed by atoms with Gasteiger partial charge in [0, 0.05) is 29.0 Å². The fourth-order valence-corrected chi connectivity index (χ4v) is 2.94. The zero-order valence-electron chi connectivity index (χ0n) is 10.9. The quantitative estimate of drug-likeness (QED) is 0.842. The minimum Gasteiger partial charge on any atom is -0.393 e. The monoisotopic (exact) mass is 340 g/mol. The van der Waals surface area contributed by atoms with Crippen molar-refractivity contribution in [3.63, 3.8) is 0 Å². The Morgan fingerprint density at radius 2 is 2.26 bits per heavy atom. The van der Waals surface area contributed by atoms with Crippen molar-refractivity contribution in [2.75, 3.05) is 13.1 Å². The lowest BCUT2D eigenvalue weighted by Gasteiger charge is -2.32. The number of benzene rings is 1. The molecule has 1 aliphatic heterocycles. The van der Waals surface area contributed by atoms with Crippen molar-refractivity contribution >= 4 is 39.0 Å². The molecule has 1 heterocycles. The Morgan fingerprint density at radius 1 is 1.53 bits per heavy atom. The number of thiocarbonyl (C=S) groups is 1. The van der Waals surface area contributed by atoms with E-state index in [2.05, 4.69) is 15.9 Å². The van der Waals surface area contributed by atoms with Crippen molar-refractivity contribution in [1.29, 1.82) is 0 Å². The van der Waals surface area contributed by atoms with Gasteiger partial charge in [0.05, 0.1) is 4.99 Å². The molecule has 3 nitrogen and oxygen atoms in total. The van der Waals surface area contributed by atoms with E-state index in [0.29, 0.717) is 11.5 Å². The summed E-state index contributed by atoms with van der Waals surface area (Å²) >= 11 is 8.46. The number of amides is 1. The van der Waals surface area contributed by atoms with Crippen molar-refractivity contribution in [3.8, 4) is 0 Å². The maximum atomic E-state index is 12.6. The maximum absolute atomic E-state index is 12.6. The van der Waals surface area contributed by atoms with Gasteiger partial charge in [0.15, 0.2) is 0 Å². The van der Waals surface area contributed by atoms with E-state index < -0.39 is 0 Å². The molecule has 0 saturated carbocycles. The van der Waals surface area contributed by atoms with Crippen LogP contribution in [0.1, 0.15) is 28.8 Å². The summed E-state index contributed by atoms with van der Waals surface area (Å²) in [4.78, 5) is 14.9. The Morgan fingerprint density at radius 3 is 2.95 bits per heavy atom. The van der Waals surface area contributed by atoms with Crippen LogP contribution in [-0.4, -0.2) is 28.9 Å². The first-order valence-electron chi connectivity index (χ1n) is 6.34. The van der Waals surface area contributed by atoms with E-state index in [9.17, 15) is 4.79 Å². The topological polar surface area (TPSA) is 46.3 Å². The molecule has 0 radical (unpaired) electrons. The van der Waals surface area contributed by atoms with E-state index in [4.69, 9.17) is 18.0 Å². The zero-order valence-corrected chi connectivity index (χ0v) is 13.3. The number of hydrogen-bond acceptors (Lipinski definition) is 2. The third-order valence-electron chi connectivity index (χ3n) is 3.54. The Hall–Kier alpha value is -0.940. The van der Waals surface area contributed by atoms with Gasteiger partial charge in [0.25, 0.3) is 5.91 Å². The minimum atomic E-state index is 0.0692. The van der Waals surface area contributed by atoms with Gasteiger partial charge in [-0.3, -0.25) is 4.79 Å². The maximum Gasteiger partial charge on any atom is 0.254 e. The highest BCUT2D eigenvalue weighted by atomic mass is 79.9. The Labute approximate surface area is 127 Å². The highest BCUT2D eigenvalue weighted by Gasteiger charge is 2.26. The number of hydrogen-bond donors (Lipinski definition) is 1. The number of carbonyl (C=O) groups excluding carboxylic acids is 1. The largest absolute Gasteiger partial charge is 0.393 e.